The Morgan fingerprint density at radius 3 is 2.54 bits per heavy atom. The summed E-state index contributed by atoms with van der Waals surface area (Å²) in [6, 6.07) is 6.02. The zero-order chi connectivity index (χ0) is 17.9. The lowest BCUT2D eigenvalue weighted by molar-refractivity contribution is -0.137. The summed E-state index contributed by atoms with van der Waals surface area (Å²) in [5.41, 5.74) is 1.01. The van der Waals surface area contributed by atoms with E-state index in [-0.39, 0.29) is 47.9 Å². The quantitative estimate of drug-likeness (QED) is 0.790. The minimum Gasteiger partial charge on any atom is -0.350 e. The molecule has 3 rings (SSSR count). The van der Waals surface area contributed by atoms with Crippen molar-refractivity contribution in [3.63, 3.8) is 0 Å². The number of nitrogens with one attached hydrogen (secondary N) is 2. The highest BCUT2D eigenvalue weighted by molar-refractivity contribution is 5.88. The molecule has 2 N–H and O–H groups in total. The molecule has 0 radical (unpaired) electrons. The third-order valence-corrected chi connectivity index (χ3v) is 5.52. The van der Waals surface area contributed by atoms with Gasteiger partial charge in [0, 0.05) is 19.0 Å². The molecular formula is C19H27ClFN3O2. The Hall–Kier alpha value is -1.66. The summed E-state index contributed by atoms with van der Waals surface area (Å²) in [5.74, 6) is -0.283. The van der Waals surface area contributed by atoms with Gasteiger partial charge in [0.05, 0.1) is 6.54 Å². The van der Waals surface area contributed by atoms with Gasteiger partial charge in [0.2, 0.25) is 11.8 Å². The summed E-state index contributed by atoms with van der Waals surface area (Å²) in [5, 5.41) is 6.14. The molecule has 1 aromatic rings. The Balaban J connectivity index is 0.00000243. The molecular weight excluding hydrogens is 357 g/mol. The van der Waals surface area contributed by atoms with E-state index in [9.17, 15) is 14.0 Å². The molecule has 2 fully saturated rings. The van der Waals surface area contributed by atoms with Crippen molar-refractivity contribution in [1.29, 1.82) is 0 Å². The number of piperidine rings is 1. The van der Waals surface area contributed by atoms with Gasteiger partial charge < -0.3 is 15.5 Å². The second-order valence-corrected chi connectivity index (χ2v) is 7.12. The van der Waals surface area contributed by atoms with Crippen molar-refractivity contribution in [2.75, 3.05) is 26.2 Å². The lowest BCUT2D eigenvalue weighted by atomic mass is 9.91. The molecule has 26 heavy (non-hydrogen) atoms. The summed E-state index contributed by atoms with van der Waals surface area (Å²) >= 11 is 0. The van der Waals surface area contributed by atoms with Crippen LogP contribution in [0, 0.1) is 17.2 Å². The van der Waals surface area contributed by atoms with Crippen LogP contribution in [0.1, 0.15) is 31.7 Å². The largest absolute Gasteiger partial charge is 0.350 e. The molecule has 1 saturated heterocycles. The lowest BCUT2D eigenvalue weighted by Gasteiger charge is -2.26. The van der Waals surface area contributed by atoms with Crippen molar-refractivity contribution < 1.29 is 14.0 Å². The Labute approximate surface area is 160 Å². The summed E-state index contributed by atoms with van der Waals surface area (Å²) in [6.07, 6.45) is 3.07. The highest BCUT2D eigenvalue weighted by atomic mass is 35.5. The van der Waals surface area contributed by atoms with E-state index < -0.39 is 0 Å². The van der Waals surface area contributed by atoms with Crippen LogP contribution in [-0.2, 0) is 16.1 Å². The zero-order valence-electron chi connectivity index (χ0n) is 15.1. The molecule has 1 aliphatic heterocycles. The molecule has 1 unspecified atom stereocenters. The molecule has 1 aliphatic carbocycles. The first-order valence-corrected chi connectivity index (χ1v) is 9.05. The van der Waals surface area contributed by atoms with E-state index in [1.165, 1.54) is 12.1 Å². The normalized spacial score (nSPS) is 20.2. The minimum atomic E-state index is -0.297. The van der Waals surface area contributed by atoms with Gasteiger partial charge in [-0.25, -0.2) is 4.39 Å². The van der Waals surface area contributed by atoms with Crippen molar-refractivity contribution in [3.8, 4) is 0 Å². The van der Waals surface area contributed by atoms with Crippen LogP contribution in [0.15, 0.2) is 24.3 Å². The third kappa shape index (κ3) is 4.74. The minimum absolute atomic E-state index is 0. The topological polar surface area (TPSA) is 61.4 Å². The number of carbonyl (C=O) groups is 2. The maximum absolute atomic E-state index is 12.9. The van der Waals surface area contributed by atoms with Crippen molar-refractivity contribution in [2.24, 2.45) is 11.3 Å². The summed E-state index contributed by atoms with van der Waals surface area (Å²) in [4.78, 5) is 26.6. The predicted octanol–water partition coefficient (Wildman–Crippen LogP) is 2.10. The Morgan fingerprint density at radius 2 is 1.92 bits per heavy atom. The van der Waals surface area contributed by atoms with Gasteiger partial charge in [0.15, 0.2) is 0 Å². The Bertz CT molecular complexity index is 632. The molecule has 144 valence electrons. The number of nitrogens with zero attached hydrogens (tertiary/aromatic N) is 1. The van der Waals surface area contributed by atoms with Crippen LogP contribution in [0.4, 0.5) is 4.39 Å². The molecule has 2 aliphatic rings. The Kier molecular flexibility index (Phi) is 7.01. The molecule has 0 bridgehead atoms. The highest BCUT2D eigenvalue weighted by Crippen LogP contribution is 2.59. The SMILES string of the molecule is CCN(CC(=O)NCc1ccc(F)cc1)C(=O)C1CC12CCNCC2.Cl. The van der Waals surface area contributed by atoms with Crippen LogP contribution in [0.2, 0.25) is 0 Å². The van der Waals surface area contributed by atoms with Crippen LogP contribution in [0.3, 0.4) is 0 Å². The highest BCUT2D eigenvalue weighted by Gasteiger charge is 2.58. The number of hydrogen-bond acceptors (Lipinski definition) is 3. The monoisotopic (exact) mass is 383 g/mol. The first kappa shape index (κ1) is 20.6. The van der Waals surface area contributed by atoms with Gasteiger partial charge >= 0.3 is 0 Å². The average Bonchev–Trinajstić information content (AvgIpc) is 3.32. The molecule has 1 spiro atoms. The first-order valence-electron chi connectivity index (χ1n) is 9.05. The van der Waals surface area contributed by atoms with E-state index in [0.29, 0.717) is 13.1 Å². The van der Waals surface area contributed by atoms with Crippen molar-refractivity contribution in [3.05, 3.63) is 35.6 Å². The van der Waals surface area contributed by atoms with Crippen molar-refractivity contribution >= 4 is 24.2 Å². The van der Waals surface area contributed by atoms with E-state index in [1.807, 2.05) is 6.92 Å². The second-order valence-electron chi connectivity index (χ2n) is 7.12. The van der Waals surface area contributed by atoms with Crippen LogP contribution < -0.4 is 10.6 Å². The standard InChI is InChI=1S/C19H26FN3O2.ClH/c1-2-23(18(25)16-11-19(16)7-9-21-10-8-19)13-17(24)22-12-14-3-5-15(20)6-4-14;/h3-6,16,21H,2,7-13H2,1H3,(H,22,24);1H. The van der Waals surface area contributed by atoms with Gasteiger partial charge in [-0.05, 0) is 62.4 Å². The first-order chi connectivity index (χ1) is 12.0. The molecule has 1 atom stereocenters. The fourth-order valence-electron chi connectivity index (χ4n) is 3.77. The maximum atomic E-state index is 12.9. The fourth-order valence-corrected chi connectivity index (χ4v) is 3.77. The number of carbonyl (C=O) groups excluding carboxylic acids is 2. The maximum Gasteiger partial charge on any atom is 0.239 e. The van der Waals surface area contributed by atoms with Gasteiger partial charge in [-0.1, -0.05) is 12.1 Å². The van der Waals surface area contributed by atoms with Gasteiger partial charge in [-0.3, -0.25) is 9.59 Å². The molecule has 7 heteroatoms. The molecule has 5 nitrogen and oxygen atoms in total. The average molecular weight is 384 g/mol. The van der Waals surface area contributed by atoms with Crippen LogP contribution in [-0.4, -0.2) is 42.9 Å². The van der Waals surface area contributed by atoms with Gasteiger partial charge in [0.1, 0.15) is 5.82 Å². The number of likely N-dealkylation sites (N-methyl/N-ethyl adjacent to an activating group) is 1. The molecule has 1 saturated carbocycles. The van der Waals surface area contributed by atoms with Crippen LogP contribution >= 0.6 is 12.4 Å². The van der Waals surface area contributed by atoms with Crippen molar-refractivity contribution in [2.45, 2.75) is 32.7 Å². The molecule has 1 aromatic carbocycles. The fraction of sp³-hybridized carbons (Fsp3) is 0.579. The van der Waals surface area contributed by atoms with E-state index in [0.717, 1.165) is 37.9 Å². The summed E-state index contributed by atoms with van der Waals surface area (Å²) < 4.78 is 12.9. The van der Waals surface area contributed by atoms with E-state index in [4.69, 9.17) is 0 Å². The summed E-state index contributed by atoms with van der Waals surface area (Å²) in [6.45, 7) is 4.82. The second kappa shape index (κ2) is 8.82. The molecule has 0 aromatic heterocycles. The number of benzene rings is 1. The number of hydrogen-bond donors (Lipinski definition) is 2. The third-order valence-electron chi connectivity index (χ3n) is 5.52. The number of rotatable bonds is 6. The zero-order valence-corrected chi connectivity index (χ0v) is 15.9. The smallest absolute Gasteiger partial charge is 0.239 e. The van der Waals surface area contributed by atoms with Crippen LogP contribution in [0.5, 0.6) is 0 Å². The van der Waals surface area contributed by atoms with Gasteiger partial charge in [0.25, 0.3) is 0 Å². The van der Waals surface area contributed by atoms with E-state index in [1.54, 1.807) is 17.0 Å². The van der Waals surface area contributed by atoms with Gasteiger partial charge in [-0.15, -0.1) is 12.4 Å². The molecule has 2 amide bonds. The van der Waals surface area contributed by atoms with Crippen molar-refractivity contribution in [1.82, 2.24) is 15.5 Å². The van der Waals surface area contributed by atoms with Crippen LogP contribution in [0.25, 0.3) is 0 Å². The summed E-state index contributed by atoms with van der Waals surface area (Å²) in [7, 11) is 0. The Morgan fingerprint density at radius 1 is 1.27 bits per heavy atom. The van der Waals surface area contributed by atoms with E-state index in [2.05, 4.69) is 10.6 Å². The number of amides is 2. The van der Waals surface area contributed by atoms with Gasteiger partial charge in [-0.2, -0.15) is 0 Å². The lowest BCUT2D eigenvalue weighted by Crippen LogP contribution is -2.42. The van der Waals surface area contributed by atoms with E-state index >= 15 is 0 Å². The number of halogens is 2. The molecule has 1 heterocycles. The predicted molar refractivity (Wildman–Crippen MR) is 100 cm³/mol.